The van der Waals surface area contributed by atoms with Gasteiger partial charge in [0.2, 0.25) is 0 Å². The molecule has 3 aromatic rings. The maximum absolute atomic E-state index is 12.7. The van der Waals surface area contributed by atoms with Crippen LogP contribution in [-0.2, 0) is 0 Å². The third kappa shape index (κ3) is 2.48. The smallest absolute Gasteiger partial charge is 0.259 e. The van der Waals surface area contributed by atoms with Gasteiger partial charge in [-0.25, -0.2) is 0 Å². The highest BCUT2D eigenvalue weighted by Gasteiger charge is 2.28. The van der Waals surface area contributed by atoms with Gasteiger partial charge in [0.25, 0.3) is 5.91 Å². The Morgan fingerprint density at radius 1 is 1.33 bits per heavy atom. The molecule has 0 bridgehead atoms. The number of amides is 1. The molecule has 0 atom stereocenters. The van der Waals surface area contributed by atoms with Crippen molar-refractivity contribution in [2.45, 2.75) is 32.6 Å². The number of hydrogen-bond donors (Lipinski definition) is 1. The minimum Gasteiger partial charge on any atom is -0.361 e. The number of pyridine rings is 1. The van der Waals surface area contributed by atoms with E-state index in [1.807, 2.05) is 24.1 Å². The van der Waals surface area contributed by atoms with E-state index in [1.165, 1.54) is 5.69 Å². The van der Waals surface area contributed by atoms with Gasteiger partial charge in [-0.1, -0.05) is 5.16 Å². The molecule has 4 heterocycles. The Bertz CT molecular complexity index is 835. The second kappa shape index (κ2) is 5.78. The van der Waals surface area contributed by atoms with Crippen LogP contribution in [-0.4, -0.2) is 39.0 Å². The van der Waals surface area contributed by atoms with Crippen molar-refractivity contribution in [1.82, 2.24) is 20.0 Å². The van der Waals surface area contributed by atoms with Crippen LogP contribution >= 0.6 is 0 Å². The van der Waals surface area contributed by atoms with Gasteiger partial charge in [0.15, 0.2) is 0 Å². The lowest BCUT2D eigenvalue weighted by molar-refractivity contribution is 0.0710. The molecular formula is C18H20N4O2. The molecule has 124 valence electrons. The van der Waals surface area contributed by atoms with E-state index >= 15 is 0 Å². The van der Waals surface area contributed by atoms with Gasteiger partial charge >= 0.3 is 0 Å². The van der Waals surface area contributed by atoms with Crippen molar-refractivity contribution in [3.63, 3.8) is 0 Å². The van der Waals surface area contributed by atoms with E-state index in [0.717, 1.165) is 36.8 Å². The SMILES string of the molecule is Cc1noc(C)c1C(=O)N1CCC(c2cc3cnccc3[nH]2)CC1. The summed E-state index contributed by atoms with van der Waals surface area (Å²) in [7, 11) is 0. The van der Waals surface area contributed by atoms with Crippen molar-refractivity contribution in [2.75, 3.05) is 13.1 Å². The van der Waals surface area contributed by atoms with Crippen LogP contribution in [0.15, 0.2) is 29.0 Å². The number of rotatable bonds is 2. The number of carbonyl (C=O) groups excluding carboxylic acids is 1. The number of piperidine rings is 1. The number of hydrogen-bond acceptors (Lipinski definition) is 4. The molecule has 6 heteroatoms. The van der Waals surface area contributed by atoms with Gasteiger partial charge in [-0.05, 0) is 38.8 Å². The van der Waals surface area contributed by atoms with Gasteiger partial charge in [-0.2, -0.15) is 0 Å². The molecule has 1 N–H and O–H groups in total. The van der Waals surface area contributed by atoms with Crippen LogP contribution < -0.4 is 0 Å². The lowest BCUT2D eigenvalue weighted by Crippen LogP contribution is -2.38. The Morgan fingerprint density at radius 2 is 2.12 bits per heavy atom. The summed E-state index contributed by atoms with van der Waals surface area (Å²) in [6, 6.07) is 4.17. The van der Waals surface area contributed by atoms with Crippen molar-refractivity contribution >= 4 is 16.8 Å². The van der Waals surface area contributed by atoms with E-state index in [9.17, 15) is 4.79 Å². The van der Waals surface area contributed by atoms with Gasteiger partial charge in [-0.15, -0.1) is 0 Å². The summed E-state index contributed by atoms with van der Waals surface area (Å²) >= 11 is 0. The molecule has 0 saturated carbocycles. The van der Waals surface area contributed by atoms with Crippen LogP contribution in [0.25, 0.3) is 10.9 Å². The zero-order chi connectivity index (χ0) is 16.7. The van der Waals surface area contributed by atoms with E-state index in [-0.39, 0.29) is 5.91 Å². The second-order valence-electron chi connectivity index (χ2n) is 6.45. The average Bonchev–Trinajstić information content (AvgIpc) is 3.18. The maximum Gasteiger partial charge on any atom is 0.259 e. The Morgan fingerprint density at radius 3 is 2.79 bits per heavy atom. The van der Waals surface area contributed by atoms with Crippen molar-refractivity contribution in [3.8, 4) is 0 Å². The van der Waals surface area contributed by atoms with E-state index in [1.54, 1.807) is 13.1 Å². The summed E-state index contributed by atoms with van der Waals surface area (Å²) in [6.07, 6.45) is 5.59. The fraction of sp³-hybridized carbons (Fsp3) is 0.389. The first-order chi connectivity index (χ1) is 11.6. The predicted octanol–water partition coefficient (Wildman–Crippen LogP) is 3.19. The average molecular weight is 324 g/mol. The van der Waals surface area contributed by atoms with Crippen LogP contribution in [0, 0.1) is 13.8 Å². The molecule has 0 spiro atoms. The highest BCUT2D eigenvalue weighted by molar-refractivity contribution is 5.96. The molecule has 1 saturated heterocycles. The normalized spacial score (nSPS) is 16.0. The first kappa shape index (κ1) is 14.9. The number of fused-ring (bicyclic) bond motifs is 1. The first-order valence-electron chi connectivity index (χ1n) is 8.28. The monoisotopic (exact) mass is 324 g/mol. The van der Waals surface area contributed by atoms with E-state index in [4.69, 9.17) is 4.52 Å². The van der Waals surface area contributed by atoms with Gasteiger partial charge in [0.05, 0.1) is 5.69 Å². The van der Waals surface area contributed by atoms with Crippen LogP contribution in [0.5, 0.6) is 0 Å². The molecule has 1 fully saturated rings. The molecule has 1 aliphatic rings. The third-order valence-electron chi connectivity index (χ3n) is 4.91. The lowest BCUT2D eigenvalue weighted by Gasteiger charge is -2.31. The largest absolute Gasteiger partial charge is 0.361 e. The molecule has 6 nitrogen and oxygen atoms in total. The topological polar surface area (TPSA) is 75.0 Å². The molecule has 4 rings (SSSR count). The lowest BCUT2D eigenvalue weighted by atomic mass is 9.93. The highest BCUT2D eigenvalue weighted by Crippen LogP contribution is 2.30. The fourth-order valence-corrected chi connectivity index (χ4v) is 3.55. The van der Waals surface area contributed by atoms with Crippen LogP contribution in [0.2, 0.25) is 0 Å². The molecule has 1 aliphatic heterocycles. The van der Waals surface area contributed by atoms with Gasteiger partial charge in [0, 0.05) is 48.0 Å². The number of likely N-dealkylation sites (tertiary alicyclic amines) is 1. The summed E-state index contributed by atoms with van der Waals surface area (Å²) in [5, 5.41) is 5.03. The zero-order valence-corrected chi connectivity index (χ0v) is 13.9. The maximum atomic E-state index is 12.7. The minimum absolute atomic E-state index is 0.0329. The van der Waals surface area contributed by atoms with Crippen molar-refractivity contribution in [2.24, 2.45) is 0 Å². The molecule has 0 unspecified atom stereocenters. The summed E-state index contributed by atoms with van der Waals surface area (Å²) in [5.74, 6) is 1.08. The van der Waals surface area contributed by atoms with Crippen LogP contribution in [0.1, 0.15) is 46.3 Å². The van der Waals surface area contributed by atoms with Crippen LogP contribution in [0.3, 0.4) is 0 Å². The quantitative estimate of drug-likeness (QED) is 0.785. The van der Waals surface area contributed by atoms with Gasteiger partial charge in [0.1, 0.15) is 11.3 Å². The summed E-state index contributed by atoms with van der Waals surface area (Å²) in [5.41, 5.74) is 3.64. The molecule has 1 amide bonds. The van der Waals surface area contributed by atoms with E-state index < -0.39 is 0 Å². The zero-order valence-electron chi connectivity index (χ0n) is 13.9. The number of aromatic nitrogens is 3. The van der Waals surface area contributed by atoms with Gasteiger partial charge in [-0.3, -0.25) is 9.78 Å². The summed E-state index contributed by atoms with van der Waals surface area (Å²) < 4.78 is 5.12. The molecule has 0 aromatic carbocycles. The standard InChI is InChI=1S/C18H20N4O2/c1-11-17(12(2)24-21-11)18(23)22-7-4-13(5-8-22)16-9-14-10-19-6-3-15(14)20-16/h3,6,9-10,13,20H,4-5,7-8H2,1-2H3. The Labute approximate surface area is 139 Å². The molecule has 3 aromatic heterocycles. The van der Waals surface area contributed by atoms with E-state index in [0.29, 0.717) is 22.9 Å². The minimum atomic E-state index is 0.0329. The molecule has 24 heavy (non-hydrogen) atoms. The van der Waals surface area contributed by atoms with Crippen molar-refractivity contribution in [1.29, 1.82) is 0 Å². The summed E-state index contributed by atoms with van der Waals surface area (Å²) in [6.45, 7) is 5.11. The number of H-pyrrole nitrogens is 1. The van der Waals surface area contributed by atoms with E-state index in [2.05, 4.69) is 21.2 Å². The number of aromatic amines is 1. The molecule has 0 aliphatic carbocycles. The summed E-state index contributed by atoms with van der Waals surface area (Å²) in [4.78, 5) is 22.3. The Hall–Kier alpha value is -2.63. The van der Waals surface area contributed by atoms with Gasteiger partial charge < -0.3 is 14.4 Å². The second-order valence-corrected chi connectivity index (χ2v) is 6.45. The Kier molecular flexibility index (Phi) is 3.59. The number of carbonyl (C=O) groups is 1. The van der Waals surface area contributed by atoms with Crippen molar-refractivity contribution in [3.05, 3.63) is 47.2 Å². The third-order valence-corrected chi connectivity index (χ3v) is 4.91. The first-order valence-corrected chi connectivity index (χ1v) is 8.28. The number of aryl methyl sites for hydroxylation is 2. The Balaban J connectivity index is 1.47. The van der Waals surface area contributed by atoms with Crippen molar-refractivity contribution < 1.29 is 9.32 Å². The van der Waals surface area contributed by atoms with Crippen LogP contribution in [0.4, 0.5) is 0 Å². The highest BCUT2D eigenvalue weighted by atomic mass is 16.5. The number of nitrogens with zero attached hydrogens (tertiary/aromatic N) is 3. The predicted molar refractivity (Wildman–Crippen MR) is 89.9 cm³/mol. The molecular weight excluding hydrogens is 304 g/mol. The number of nitrogens with one attached hydrogen (secondary N) is 1. The fourth-order valence-electron chi connectivity index (χ4n) is 3.55. The molecule has 0 radical (unpaired) electrons.